The van der Waals surface area contributed by atoms with E-state index in [1.807, 2.05) is 0 Å². The third-order valence-electron chi connectivity index (χ3n) is 1.52. The molecule has 78 valence electrons. The fraction of sp³-hybridized carbons (Fsp3) is 0.429. The van der Waals surface area contributed by atoms with Crippen molar-refractivity contribution >= 4 is 5.91 Å². The molecule has 0 aromatic carbocycles. The van der Waals surface area contributed by atoms with E-state index in [0.717, 1.165) is 16.9 Å². The molecule has 1 aromatic rings. The normalized spacial score (nSPS) is 11.4. The van der Waals surface area contributed by atoms with Gasteiger partial charge in [0.15, 0.2) is 5.69 Å². The van der Waals surface area contributed by atoms with Crippen molar-refractivity contribution < 1.29 is 18.0 Å². The highest BCUT2D eigenvalue weighted by atomic mass is 19.4. The van der Waals surface area contributed by atoms with Gasteiger partial charge >= 0.3 is 6.18 Å². The van der Waals surface area contributed by atoms with Gasteiger partial charge in [0.25, 0.3) is 0 Å². The number of alkyl halides is 3. The minimum Gasteiger partial charge on any atom is -0.358 e. The van der Waals surface area contributed by atoms with Crippen molar-refractivity contribution in [3.05, 3.63) is 18.0 Å². The minimum absolute atomic E-state index is 0.216. The molecule has 0 fully saturated rings. The molecule has 0 aliphatic carbocycles. The van der Waals surface area contributed by atoms with Crippen LogP contribution in [0.4, 0.5) is 13.2 Å². The Bertz CT molecular complexity index is 331. The van der Waals surface area contributed by atoms with Gasteiger partial charge in [-0.2, -0.15) is 18.3 Å². The summed E-state index contributed by atoms with van der Waals surface area (Å²) in [6.07, 6.45) is -3.36. The Hall–Kier alpha value is -1.53. The number of halogens is 3. The van der Waals surface area contributed by atoms with Crippen molar-refractivity contribution in [2.75, 3.05) is 7.05 Å². The molecular weight excluding hydrogens is 199 g/mol. The molecule has 0 saturated heterocycles. The number of hydrogen-bond acceptors (Lipinski definition) is 2. The Morgan fingerprint density at radius 2 is 2.29 bits per heavy atom. The molecule has 0 aliphatic heterocycles. The zero-order valence-corrected chi connectivity index (χ0v) is 7.30. The van der Waals surface area contributed by atoms with E-state index in [4.69, 9.17) is 0 Å². The van der Waals surface area contributed by atoms with Crippen LogP contribution in [0.1, 0.15) is 5.69 Å². The smallest absolute Gasteiger partial charge is 0.358 e. The van der Waals surface area contributed by atoms with Gasteiger partial charge in [0, 0.05) is 13.2 Å². The first-order valence-electron chi connectivity index (χ1n) is 3.74. The largest absolute Gasteiger partial charge is 0.435 e. The molecule has 0 saturated carbocycles. The molecule has 1 heterocycles. The second kappa shape index (κ2) is 3.69. The lowest BCUT2D eigenvalue weighted by molar-refractivity contribution is -0.141. The molecule has 0 radical (unpaired) electrons. The van der Waals surface area contributed by atoms with Crippen LogP contribution in [0.2, 0.25) is 0 Å². The van der Waals surface area contributed by atoms with Crippen molar-refractivity contribution in [2.45, 2.75) is 12.7 Å². The fourth-order valence-corrected chi connectivity index (χ4v) is 0.827. The van der Waals surface area contributed by atoms with Crippen LogP contribution in [-0.4, -0.2) is 22.7 Å². The predicted octanol–water partition coefficient (Wildman–Crippen LogP) is 0.648. The van der Waals surface area contributed by atoms with Crippen LogP contribution in [0.5, 0.6) is 0 Å². The highest BCUT2D eigenvalue weighted by molar-refractivity contribution is 5.75. The maximum Gasteiger partial charge on any atom is 0.435 e. The van der Waals surface area contributed by atoms with Gasteiger partial charge in [0.05, 0.1) is 0 Å². The Morgan fingerprint density at radius 1 is 1.64 bits per heavy atom. The summed E-state index contributed by atoms with van der Waals surface area (Å²) < 4.78 is 37.1. The summed E-state index contributed by atoms with van der Waals surface area (Å²) in [7, 11) is 1.40. The van der Waals surface area contributed by atoms with Crippen LogP contribution in [0, 0.1) is 0 Å². The number of nitrogens with one attached hydrogen (secondary N) is 1. The van der Waals surface area contributed by atoms with E-state index in [1.165, 1.54) is 7.05 Å². The molecule has 0 atom stereocenters. The molecule has 0 aliphatic rings. The number of likely N-dealkylation sites (N-methyl/N-ethyl adjacent to an activating group) is 1. The van der Waals surface area contributed by atoms with Gasteiger partial charge < -0.3 is 5.32 Å². The number of amides is 1. The highest BCUT2D eigenvalue weighted by Gasteiger charge is 2.33. The van der Waals surface area contributed by atoms with Gasteiger partial charge in [0.1, 0.15) is 6.54 Å². The van der Waals surface area contributed by atoms with Crippen LogP contribution in [-0.2, 0) is 17.5 Å². The molecule has 4 nitrogen and oxygen atoms in total. The van der Waals surface area contributed by atoms with E-state index in [2.05, 4.69) is 10.4 Å². The van der Waals surface area contributed by atoms with Gasteiger partial charge in [-0.25, -0.2) is 0 Å². The van der Waals surface area contributed by atoms with E-state index < -0.39 is 17.8 Å². The first kappa shape index (κ1) is 10.6. The van der Waals surface area contributed by atoms with Gasteiger partial charge in [0.2, 0.25) is 5.91 Å². The van der Waals surface area contributed by atoms with Gasteiger partial charge in [-0.05, 0) is 6.07 Å². The van der Waals surface area contributed by atoms with Crippen molar-refractivity contribution in [1.29, 1.82) is 0 Å². The monoisotopic (exact) mass is 207 g/mol. The van der Waals surface area contributed by atoms with E-state index in [-0.39, 0.29) is 6.54 Å². The first-order chi connectivity index (χ1) is 6.43. The van der Waals surface area contributed by atoms with Gasteiger partial charge in [-0.3, -0.25) is 9.48 Å². The van der Waals surface area contributed by atoms with Crippen LogP contribution in [0.15, 0.2) is 12.3 Å². The lowest BCUT2D eigenvalue weighted by Gasteiger charge is -2.01. The quantitative estimate of drug-likeness (QED) is 0.773. The van der Waals surface area contributed by atoms with Crippen molar-refractivity contribution in [3.63, 3.8) is 0 Å². The van der Waals surface area contributed by atoms with Crippen LogP contribution >= 0.6 is 0 Å². The van der Waals surface area contributed by atoms with Crippen molar-refractivity contribution in [3.8, 4) is 0 Å². The minimum atomic E-state index is -4.46. The Morgan fingerprint density at radius 3 is 2.71 bits per heavy atom. The van der Waals surface area contributed by atoms with Gasteiger partial charge in [-0.1, -0.05) is 0 Å². The summed E-state index contributed by atoms with van der Waals surface area (Å²) in [5, 5.41) is 5.48. The van der Waals surface area contributed by atoms with Crippen LogP contribution < -0.4 is 5.32 Å². The second-order valence-electron chi connectivity index (χ2n) is 2.57. The SMILES string of the molecule is CNC(=O)Cn1ccc(C(F)(F)F)n1. The van der Waals surface area contributed by atoms with E-state index in [9.17, 15) is 18.0 Å². The average molecular weight is 207 g/mol. The zero-order valence-electron chi connectivity index (χ0n) is 7.30. The standard InChI is InChI=1S/C7H8F3N3O/c1-11-6(14)4-13-3-2-5(12-13)7(8,9)10/h2-3H,4H2,1H3,(H,11,14). The second-order valence-corrected chi connectivity index (χ2v) is 2.57. The molecule has 1 rings (SSSR count). The van der Waals surface area contributed by atoms with E-state index in [1.54, 1.807) is 0 Å². The number of aromatic nitrogens is 2. The highest BCUT2D eigenvalue weighted by Crippen LogP contribution is 2.27. The topological polar surface area (TPSA) is 46.9 Å². The lowest BCUT2D eigenvalue weighted by atomic mass is 10.4. The van der Waals surface area contributed by atoms with E-state index >= 15 is 0 Å². The average Bonchev–Trinajstić information content (AvgIpc) is 2.51. The molecule has 0 bridgehead atoms. The van der Waals surface area contributed by atoms with Crippen molar-refractivity contribution in [1.82, 2.24) is 15.1 Å². The first-order valence-corrected chi connectivity index (χ1v) is 3.74. The van der Waals surface area contributed by atoms with Crippen LogP contribution in [0.3, 0.4) is 0 Å². The fourth-order valence-electron chi connectivity index (χ4n) is 0.827. The summed E-state index contributed by atoms with van der Waals surface area (Å²) in [5.41, 5.74) is -0.999. The maximum atomic E-state index is 12.0. The number of nitrogens with zero attached hydrogens (tertiary/aromatic N) is 2. The summed E-state index contributed by atoms with van der Waals surface area (Å²) in [6, 6.07) is 0.822. The number of hydrogen-bond donors (Lipinski definition) is 1. The summed E-state index contributed by atoms with van der Waals surface area (Å²) >= 11 is 0. The Labute approximate surface area is 77.7 Å². The Kier molecular flexibility index (Phi) is 2.78. The lowest BCUT2D eigenvalue weighted by Crippen LogP contribution is -2.24. The number of carbonyl (C=O) groups is 1. The third-order valence-corrected chi connectivity index (χ3v) is 1.52. The molecule has 1 N–H and O–H groups in total. The molecular formula is C7H8F3N3O. The van der Waals surface area contributed by atoms with Gasteiger partial charge in [-0.15, -0.1) is 0 Å². The van der Waals surface area contributed by atoms with Crippen LogP contribution in [0.25, 0.3) is 0 Å². The molecule has 14 heavy (non-hydrogen) atoms. The number of carbonyl (C=O) groups excluding carboxylic acids is 1. The summed E-state index contributed by atoms with van der Waals surface area (Å²) in [6.45, 7) is -0.216. The molecule has 1 aromatic heterocycles. The van der Waals surface area contributed by atoms with Crippen molar-refractivity contribution in [2.24, 2.45) is 0 Å². The number of rotatable bonds is 2. The molecule has 0 unspecified atom stereocenters. The molecule has 1 amide bonds. The third kappa shape index (κ3) is 2.48. The zero-order chi connectivity index (χ0) is 10.8. The maximum absolute atomic E-state index is 12.0. The summed E-state index contributed by atoms with van der Waals surface area (Å²) in [4.78, 5) is 10.8. The van der Waals surface area contributed by atoms with E-state index in [0.29, 0.717) is 0 Å². The molecule has 7 heteroatoms. The summed E-state index contributed by atoms with van der Waals surface area (Å²) in [5.74, 6) is -0.401. The molecule has 0 spiro atoms. The Balaban J connectivity index is 2.74. The predicted molar refractivity (Wildman–Crippen MR) is 41.3 cm³/mol.